The number of aryl methyl sites for hydroxylation is 1. The van der Waals surface area contributed by atoms with E-state index in [4.69, 9.17) is 0 Å². The summed E-state index contributed by atoms with van der Waals surface area (Å²) < 4.78 is 0. The first kappa shape index (κ1) is 24.2. The van der Waals surface area contributed by atoms with Gasteiger partial charge in [0.1, 0.15) is 5.54 Å². The van der Waals surface area contributed by atoms with E-state index in [1.165, 1.54) is 16.0 Å². The first-order valence-electron chi connectivity index (χ1n) is 12.9. The van der Waals surface area contributed by atoms with E-state index in [0.717, 1.165) is 43.7 Å². The zero-order chi connectivity index (χ0) is 25.0. The van der Waals surface area contributed by atoms with Gasteiger partial charge in [-0.15, -0.1) is 0 Å². The monoisotopic (exact) mass is 482 g/mol. The molecule has 1 aromatic heterocycles. The normalized spacial score (nSPS) is 21.1. The maximum atomic E-state index is 14.0. The highest BCUT2D eigenvalue weighted by Gasteiger charge is 2.55. The lowest BCUT2D eigenvalue weighted by Crippen LogP contribution is -2.57. The van der Waals surface area contributed by atoms with Gasteiger partial charge in [0.25, 0.3) is 5.91 Å². The van der Waals surface area contributed by atoms with Crippen LogP contribution < -0.4 is 5.32 Å². The number of pyridine rings is 1. The Morgan fingerprint density at radius 2 is 1.64 bits per heavy atom. The number of carbonyl (C=O) groups excluding carboxylic acids is 2. The molecule has 0 aliphatic carbocycles. The molecule has 0 saturated carbocycles. The van der Waals surface area contributed by atoms with Crippen LogP contribution in [0.1, 0.15) is 35.2 Å². The summed E-state index contributed by atoms with van der Waals surface area (Å²) in [5.41, 5.74) is 3.62. The number of aromatic nitrogens is 1. The summed E-state index contributed by atoms with van der Waals surface area (Å²) in [7, 11) is 0. The topological polar surface area (TPSA) is 65.5 Å². The van der Waals surface area contributed by atoms with E-state index in [2.05, 4.69) is 46.4 Å². The summed E-state index contributed by atoms with van der Waals surface area (Å²) in [5.74, 6) is -0.00690. The second-order valence-corrected chi connectivity index (χ2v) is 10.1. The van der Waals surface area contributed by atoms with E-state index in [1.54, 1.807) is 6.20 Å². The molecule has 2 fully saturated rings. The molecule has 6 heteroatoms. The zero-order valence-corrected chi connectivity index (χ0v) is 20.9. The molecule has 0 spiro atoms. The Balaban J connectivity index is 1.32. The molecule has 2 saturated heterocycles. The van der Waals surface area contributed by atoms with Crippen LogP contribution in [0.25, 0.3) is 0 Å². The minimum atomic E-state index is -0.904. The highest BCUT2D eigenvalue weighted by molar-refractivity contribution is 6.07. The van der Waals surface area contributed by atoms with Crippen molar-refractivity contribution in [3.63, 3.8) is 0 Å². The number of benzene rings is 2. The van der Waals surface area contributed by atoms with Crippen LogP contribution in [0.2, 0.25) is 0 Å². The molecule has 6 nitrogen and oxygen atoms in total. The molecule has 36 heavy (non-hydrogen) atoms. The van der Waals surface area contributed by atoms with Gasteiger partial charge in [0.2, 0.25) is 0 Å². The predicted octanol–water partition coefficient (Wildman–Crippen LogP) is 4.38. The largest absolute Gasteiger partial charge is 0.325 e. The second kappa shape index (κ2) is 10.6. The maximum absolute atomic E-state index is 14.0. The van der Waals surface area contributed by atoms with E-state index in [9.17, 15) is 9.59 Å². The third-order valence-electron chi connectivity index (χ3n) is 7.66. The molecular formula is C30H34N4O2. The molecule has 2 aliphatic rings. The van der Waals surface area contributed by atoms with E-state index in [1.807, 2.05) is 48.5 Å². The summed E-state index contributed by atoms with van der Waals surface area (Å²) in [6, 6.07) is 24.2. The number of hydrogen-bond donors (Lipinski definition) is 1. The molecule has 3 aromatic rings. The molecule has 0 radical (unpaired) electrons. The Labute approximate surface area is 213 Å². The standard InChI is InChI=1S/C30H34N4O2/c1-23-10-12-25(13-11-23)22-33-18-14-26(15-19-33)30(21-24-7-3-2-4-8-24)28(35)34(29(36)32-30)20-16-27-9-5-6-17-31-27/h2-13,17,26H,14-16,18-22H2,1H3,(H,32,36). The van der Waals surface area contributed by atoms with Crippen LogP contribution >= 0.6 is 0 Å². The lowest BCUT2D eigenvalue weighted by molar-refractivity contribution is -0.134. The van der Waals surface area contributed by atoms with Crippen LogP contribution in [-0.4, -0.2) is 51.9 Å². The van der Waals surface area contributed by atoms with Crippen molar-refractivity contribution in [2.45, 2.75) is 44.7 Å². The smallest absolute Gasteiger partial charge is 0.322 e. The lowest BCUT2D eigenvalue weighted by atomic mass is 9.74. The highest BCUT2D eigenvalue weighted by atomic mass is 16.2. The quantitative estimate of drug-likeness (QED) is 0.484. The van der Waals surface area contributed by atoms with Gasteiger partial charge in [0.15, 0.2) is 0 Å². The lowest BCUT2D eigenvalue weighted by Gasteiger charge is -2.41. The number of urea groups is 1. The fourth-order valence-electron chi connectivity index (χ4n) is 5.61. The molecule has 3 heterocycles. The molecule has 2 aromatic carbocycles. The van der Waals surface area contributed by atoms with Crippen LogP contribution in [0.3, 0.4) is 0 Å². The Hall–Kier alpha value is -3.51. The first-order chi connectivity index (χ1) is 17.5. The van der Waals surface area contributed by atoms with E-state index in [-0.39, 0.29) is 17.9 Å². The molecule has 0 bridgehead atoms. The van der Waals surface area contributed by atoms with Crippen molar-refractivity contribution in [3.8, 4) is 0 Å². The molecular weight excluding hydrogens is 448 g/mol. The van der Waals surface area contributed by atoms with E-state index < -0.39 is 5.54 Å². The Kier molecular flexibility index (Phi) is 7.14. The number of nitrogens with zero attached hydrogens (tertiary/aromatic N) is 3. The van der Waals surface area contributed by atoms with Crippen molar-refractivity contribution in [1.82, 2.24) is 20.1 Å². The van der Waals surface area contributed by atoms with Crippen LogP contribution in [0, 0.1) is 12.8 Å². The molecule has 1 atom stereocenters. The third-order valence-corrected chi connectivity index (χ3v) is 7.66. The van der Waals surface area contributed by atoms with Crippen molar-refractivity contribution in [2.75, 3.05) is 19.6 Å². The highest BCUT2D eigenvalue weighted by Crippen LogP contribution is 2.37. The van der Waals surface area contributed by atoms with Gasteiger partial charge in [-0.1, -0.05) is 66.2 Å². The average molecular weight is 483 g/mol. The zero-order valence-electron chi connectivity index (χ0n) is 20.9. The third kappa shape index (κ3) is 5.19. The van der Waals surface area contributed by atoms with Gasteiger partial charge in [-0.3, -0.25) is 19.6 Å². The molecule has 3 amide bonds. The molecule has 2 aliphatic heterocycles. The van der Waals surface area contributed by atoms with Crippen LogP contribution in [0.5, 0.6) is 0 Å². The van der Waals surface area contributed by atoms with Gasteiger partial charge in [-0.2, -0.15) is 0 Å². The summed E-state index contributed by atoms with van der Waals surface area (Å²) in [4.78, 5) is 35.4. The Morgan fingerprint density at radius 1 is 0.917 bits per heavy atom. The Bertz CT molecular complexity index is 1170. The van der Waals surface area contributed by atoms with Crippen molar-refractivity contribution in [1.29, 1.82) is 0 Å². The number of imide groups is 1. The molecule has 5 rings (SSSR count). The molecule has 1 N–H and O–H groups in total. The number of nitrogens with one attached hydrogen (secondary N) is 1. The number of hydrogen-bond acceptors (Lipinski definition) is 4. The number of carbonyl (C=O) groups is 2. The van der Waals surface area contributed by atoms with Crippen molar-refractivity contribution in [2.24, 2.45) is 5.92 Å². The molecule has 1 unspecified atom stereocenters. The van der Waals surface area contributed by atoms with Gasteiger partial charge in [-0.05, 0) is 62.0 Å². The van der Waals surface area contributed by atoms with Crippen molar-refractivity contribution >= 4 is 11.9 Å². The van der Waals surface area contributed by atoms with Crippen LogP contribution in [0.4, 0.5) is 4.79 Å². The minimum Gasteiger partial charge on any atom is -0.322 e. The maximum Gasteiger partial charge on any atom is 0.325 e. The van der Waals surface area contributed by atoms with Gasteiger partial charge >= 0.3 is 6.03 Å². The number of piperidine rings is 1. The number of rotatable bonds is 8. The van der Waals surface area contributed by atoms with Crippen LogP contribution in [0.15, 0.2) is 79.0 Å². The Morgan fingerprint density at radius 3 is 2.33 bits per heavy atom. The first-order valence-corrected chi connectivity index (χ1v) is 12.9. The van der Waals surface area contributed by atoms with Crippen molar-refractivity contribution in [3.05, 3.63) is 101 Å². The van der Waals surface area contributed by atoms with Gasteiger partial charge in [0.05, 0.1) is 0 Å². The van der Waals surface area contributed by atoms with Gasteiger partial charge in [0, 0.05) is 37.8 Å². The minimum absolute atomic E-state index is 0.0864. The fraction of sp³-hybridized carbons (Fsp3) is 0.367. The van der Waals surface area contributed by atoms with Gasteiger partial charge < -0.3 is 5.32 Å². The summed E-state index contributed by atoms with van der Waals surface area (Å²) in [6.45, 7) is 5.17. The summed E-state index contributed by atoms with van der Waals surface area (Å²) >= 11 is 0. The molecule has 186 valence electrons. The summed E-state index contributed by atoms with van der Waals surface area (Å²) in [5, 5.41) is 3.19. The summed E-state index contributed by atoms with van der Waals surface area (Å²) in [6.07, 6.45) is 4.56. The van der Waals surface area contributed by atoms with E-state index >= 15 is 0 Å². The SMILES string of the molecule is Cc1ccc(CN2CCC(C3(Cc4ccccc4)NC(=O)N(CCc4ccccn4)C3=O)CC2)cc1. The van der Waals surface area contributed by atoms with E-state index in [0.29, 0.717) is 19.4 Å². The van der Waals surface area contributed by atoms with Crippen LogP contribution in [-0.2, 0) is 24.2 Å². The predicted molar refractivity (Wildman–Crippen MR) is 140 cm³/mol. The average Bonchev–Trinajstić information content (AvgIpc) is 3.15. The van der Waals surface area contributed by atoms with Gasteiger partial charge in [-0.25, -0.2) is 4.79 Å². The van der Waals surface area contributed by atoms with Crippen molar-refractivity contribution < 1.29 is 9.59 Å². The fourth-order valence-corrected chi connectivity index (χ4v) is 5.61. The number of likely N-dealkylation sites (tertiary alicyclic amines) is 1. The number of amides is 3. The second-order valence-electron chi connectivity index (χ2n) is 10.1.